The summed E-state index contributed by atoms with van der Waals surface area (Å²) in [5.41, 5.74) is 22.9. The van der Waals surface area contributed by atoms with Gasteiger partial charge in [-0.25, -0.2) is 0 Å². The van der Waals surface area contributed by atoms with Crippen LogP contribution in [0, 0.1) is 0 Å². The number of hydrogen-bond acceptors (Lipinski definition) is 2. The zero-order valence-electron chi connectivity index (χ0n) is 36.3. The third kappa shape index (κ3) is 6.24. The Morgan fingerprint density at radius 3 is 1.83 bits per heavy atom. The molecule has 2 aliphatic carbocycles. The molecule has 1 unspecified atom stereocenters. The molecule has 2 aliphatic rings. The molecule has 0 saturated carbocycles. The molecular weight excluding hydrogens is 775 g/mol. The van der Waals surface area contributed by atoms with Crippen LogP contribution >= 0.6 is 0 Å². The highest BCUT2D eigenvalue weighted by Gasteiger charge is 2.37. The van der Waals surface area contributed by atoms with Crippen molar-refractivity contribution in [2.75, 3.05) is 4.90 Å². The first-order valence-electron chi connectivity index (χ1n) is 22.5. The molecule has 0 spiro atoms. The standard InChI is InChI=1S/C62H47NO/c1-40-12-8-15-48-39-47(32-37-51(40)48)46-14-9-13-45(38-46)43-26-24-41(25-27-43)42-28-33-49(34-29-42)63(57-21-11-23-59-60(57)55-17-5-7-22-58(55)64-59)50-35-30-44(31-36-50)52-18-10-19-54-53-16-4-6-20-56(53)62(2,3)61(52)54/h4-11,13-40H,12H2,1-3H3. The van der Waals surface area contributed by atoms with E-state index in [0.717, 1.165) is 45.4 Å². The fraction of sp³-hybridized carbons (Fsp3) is 0.0968. The number of furan rings is 1. The minimum absolute atomic E-state index is 0.0997. The van der Waals surface area contributed by atoms with Crippen molar-refractivity contribution in [2.45, 2.75) is 38.5 Å². The second-order valence-electron chi connectivity index (χ2n) is 18.1. The maximum atomic E-state index is 6.42. The van der Waals surface area contributed by atoms with Crippen molar-refractivity contribution in [1.29, 1.82) is 0 Å². The van der Waals surface area contributed by atoms with E-state index in [-0.39, 0.29) is 5.41 Å². The Kier molecular flexibility index (Phi) is 8.91. The van der Waals surface area contributed by atoms with Crippen molar-refractivity contribution < 1.29 is 4.42 Å². The lowest BCUT2D eigenvalue weighted by Gasteiger charge is -2.27. The summed E-state index contributed by atoms with van der Waals surface area (Å²) >= 11 is 0. The topological polar surface area (TPSA) is 16.4 Å². The molecule has 2 heteroatoms. The molecule has 0 N–H and O–H groups in total. The van der Waals surface area contributed by atoms with Crippen molar-refractivity contribution in [2.24, 2.45) is 0 Å². The van der Waals surface area contributed by atoms with Gasteiger partial charge in [0.05, 0.1) is 11.1 Å². The second kappa shape index (κ2) is 15.0. The maximum absolute atomic E-state index is 6.42. The van der Waals surface area contributed by atoms with Crippen molar-refractivity contribution >= 4 is 45.1 Å². The Balaban J connectivity index is 0.888. The molecule has 64 heavy (non-hydrogen) atoms. The van der Waals surface area contributed by atoms with Gasteiger partial charge >= 0.3 is 0 Å². The predicted octanol–water partition coefficient (Wildman–Crippen LogP) is 17.6. The Hall–Kier alpha value is -7.68. The van der Waals surface area contributed by atoms with Crippen LogP contribution in [-0.4, -0.2) is 0 Å². The summed E-state index contributed by atoms with van der Waals surface area (Å²) in [6, 6.07) is 73.4. The van der Waals surface area contributed by atoms with E-state index in [1.54, 1.807) is 0 Å². The van der Waals surface area contributed by atoms with E-state index in [0.29, 0.717) is 5.92 Å². The van der Waals surface area contributed by atoms with E-state index in [1.807, 2.05) is 6.07 Å². The van der Waals surface area contributed by atoms with Crippen molar-refractivity contribution in [3.8, 4) is 55.6 Å². The molecule has 12 rings (SSSR count). The number of rotatable bonds is 7. The zero-order chi connectivity index (χ0) is 42.9. The van der Waals surface area contributed by atoms with Gasteiger partial charge in [0.25, 0.3) is 0 Å². The first kappa shape index (κ1) is 38.0. The van der Waals surface area contributed by atoms with Crippen molar-refractivity contribution in [3.05, 3.63) is 229 Å². The van der Waals surface area contributed by atoms with Crippen LogP contribution < -0.4 is 4.90 Å². The Bertz CT molecular complexity index is 3440. The van der Waals surface area contributed by atoms with Gasteiger partial charge in [-0.3, -0.25) is 0 Å². The maximum Gasteiger partial charge on any atom is 0.137 e. The Morgan fingerprint density at radius 2 is 1.05 bits per heavy atom. The van der Waals surface area contributed by atoms with Crippen LogP contribution in [0.2, 0.25) is 0 Å². The van der Waals surface area contributed by atoms with Crippen LogP contribution in [0.3, 0.4) is 0 Å². The molecule has 1 atom stereocenters. The highest BCUT2D eigenvalue weighted by atomic mass is 16.3. The third-order valence-corrected chi connectivity index (χ3v) is 13.9. The third-order valence-electron chi connectivity index (χ3n) is 13.9. The van der Waals surface area contributed by atoms with Gasteiger partial charge in [0.1, 0.15) is 11.2 Å². The molecule has 10 aromatic rings. The van der Waals surface area contributed by atoms with Gasteiger partial charge in [0.15, 0.2) is 0 Å². The normalized spacial score (nSPS) is 14.6. The molecule has 306 valence electrons. The lowest BCUT2D eigenvalue weighted by Crippen LogP contribution is -2.16. The predicted molar refractivity (Wildman–Crippen MR) is 270 cm³/mol. The zero-order valence-corrected chi connectivity index (χ0v) is 36.3. The van der Waals surface area contributed by atoms with E-state index < -0.39 is 0 Å². The summed E-state index contributed by atoms with van der Waals surface area (Å²) in [6.07, 6.45) is 5.69. The van der Waals surface area contributed by atoms with Crippen LogP contribution in [0.5, 0.6) is 0 Å². The number of fused-ring (bicyclic) bond motifs is 7. The largest absolute Gasteiger partial charge is 0.456 e. The molecule has 0 fully saturated rings. The van der Waals surface area contributed by atoms with Gasteiger partial charge in [-0.2, -0.15) is 0 Å². The van der Waals surface area contributed by atoms with E-state index >= 15 is 0 Å². The molecule has 1 heterocycles. The van der Waals surface area contributed by atoms with Crippen LogP contribution in [0.4, 0.5) is 17.1 Å². The van der Waals surface area contributed by atoms with E-state index in [4.69, 9.17) is 4.42 Å². The SMILES string of the molecule is CC1CC=Cc2cc(-c3cccc(-c4ccc(-c5ccc(N(c6ccc(-c7cccc8c7C(C)(C)c7ccccc7-8)cc6)c6cccc7oc8ccccc8c67)cc5)cc4)c3)ccc21. The highest BCUT2D eigenvalue weighted by molar-refractivity contribution is 6.13. The van der Waals surface area contributed by atoms with Gasteiger partial charge in [0, 0.05) is 22.2 Å². The van der Waals surface area contributed by atoms with Crippen molar-refractivity contribution in [1.82, 2.24) is 0 Å². The number of hydrogen-bond donors (Lipinski definition) is 0. The lowest BCUT2D eigenvalue weighted by atomic mass is 9.79. The van der Waals surface area contributed by atoms with Gasteiger partial charge in [-0.1, -0.05) is 179 Å². The van der Waals surface area contributed by atoms with Crippen LogP contribution in [0.25, 0.3) is 83.6 Å². The van der Waals surface area contributed by atoms with E-state index in [2.05, 4.69) is 232 Å². The highest BCUT2D eigenvalue weighted by Crippen LogP contribution is 2.52. The van der Waals surface area contributed by atoms with Gasteiger partial charge in [0.2, 0.25) is 0 Å². The molecule has 1 aromatic heterocycles. The first-order chi connectivity index (χ1) is 31.4. The van der Waals surface area contributed by atoms with Crippen LogP contribution in [0.15, 0.2) is 211 Å². The Labute approximate surface area is 375 Å². The summed E-state index contributed by atoms with van der Waals surface area (Å²) in [7, 11) is 0. The molecule has 2 nitrogen and oxygen atoms in total. The fourth-order valence-electron chi connectivity index (χ4n) is 10.7. The van der Waals surface area contributed by atoms with E-state index in [9.17, 15) is 0 Å². The van der Waals surface area contributed by atoms with Gasteiger partial charge < -0.3 is 9.32 Å². The molecule has 0 amide bonds. The quantitative estimate of drug-likeness (QED) is 0.159. The number of anilines is 3. The smallest absolute Gasteiger partial charge is 0.137 e. The minimum atomic E-state index is -0.0997. The summed E-state index contributed by atoms with van der Waals surface area (Å²) < 4.78 is 6.42. The number of benzene rings is 9. The first-order valence-corrected chi connectivity index (χ1v) is 22.5. The van der Waals surface area contributed by atoms with Crippen LogP contribution in [0.1, 0.15) is 55.4 Å². The summed E-state index contributed by atoms with van der Waals surface area (Å²) in [6.45, 7) is 7.04. The molecule has 0 bridgehead atoms. The van der Waals surface area contributed by atoms with Crippen molar-refractivity contribution in [3.63, 3.8) is 0 Å². The fourth-order valence-corrected chi connectivity index (χ4v) is 10.7. The van der Waals surface area contributed by atoms with E-state index in [1.165, 1.54) is 77.9 Å². The monoisotopic (exact) mass is 821 g/mol. The summed E-state index contributed by atoms with van der Waals surface area (Å²) in [5.74, 6) is 0.568. The number of nitrogens with zero attached hydrogens (tertiary/aromatic N) is 1. The lowest BCUT2D eigenvalue weighted by molar-refractivity contribution is 0.662. The van der Waals surface area contributed by atoms with Gasteiger partial charge in [-0.15, -0.1) is 0 Å². The minimum Gasteiger partial charge on any atom is -0.456 e. The van der Waals surface area contributed by atoms with Crippen LogP contribution in [-0.2, 0) is 5.41 Å². The van der Waals surface area contributed by atoms with Gasteiger partial charge in [-0.05, 0) is 145 Å². The average Bonchev–Trinajstić information content (AvgIpc) is 3.84. The molecule has 9 aromatic carbocycles. The average molecular weight is 822 g/mol. The Morgan fingerprint density at radius 1 is 0.484 bits per heavy atom. The number of allylic oxidation sites excluding steroid dienone is 1. The molecule has 0 radical (unpaired) electrons. The second-order valence-corrected chi connectivity index (χ2v) is 18.1. The summed E-state index contributed by atoms with van der Waals surface area (Å²) in [5, 5.41) is 2.21. The molecule has 0 aliphatic heterocycles. The molecular formula is C62H47NO. The molecule has 0 saturated heterocycles. The summed E-state index contributed by atoms with van der Waals surface area (Å²) in [4.78, 5) is 2.38. The number of para-hydroxylation sites is 1.